The minimum absolute atomic E-state index is 0.0432. The van der Waals surface area contributed by atoms with Gasteiger partial charge in [-0.3, -0.25) is 53.0 Å². The van der Waals surface area contributed by atoms with Gasteiger partial charge >= 0.3 is 5.97 Å². The zero-order valence-electron chi connectivity index (χ0n) is 31.4. The van der Waals surface area contributed by atoms with Crippen molar-refractivity contribution in [2.45, 2.75) is 101 Å². The van der Waals surface area contributed by atoms with Gasteiger partial charge in [0.2, 0.25) is 35.4 Å². The number of rotatable bonds is 17. The standard InChI is InChI=1S/C11H21N3O4S.C11H19N3O3S.C10H15N3O3/c1-6(2)13-10(17)7(5-12)14-11(18)8(19-3)4-9(15)16;1-6(2)13-10(16)7(5-12)14-9(15)4-8(18-3)11(14)17;1-6(2)12-10(16)7(5-11)13-8(14)3-4-9(13)15/h6-8H,4-5,12H2,1-3H3,(H,13,17)(H,14,18)(H,15,16);6-8H,4-5,12H2,1-3H3,(H,13,16);3-4,6-7H,5,11H2,1-2H3,(H,12,16). The van der Waals surface area contributed by atoms with Gasteiger partial charge < -0.3 is 43.6 Å². The predicted molar refractivity (Wildman–Crippen MR) is 201 cm³/mol. The summed E-state index contributed by atoms with van der Waals surface area (Å²) in [7, 11) is 0. The van der Waals surface area contributed by atoms with Crippen LogP contribution in [-0.2, 0) is 43.2 Å². The van der Waals surface area contributed by atoms with Gasteiger partial charge in [-0.2, -0.15) is 23.5 Å². The zero-order chi connectivity index (χ0) is 41.2. The molecule has 0 aromatic heterocycles. The smallest absolute Gasteiger partial charge is 0.305 e. The molecule has 21 heteroatoms. The van der Waals surface area contributed by atoms with E-state index in [-0.39, 0.29) is 74.2 Å². The molecule has 8 amide bonds. The first-order valence-electron chi connectivity index (χ1n) is 16.7. The van der Waals surface area contributed by atoms with E-state index in [1.807, 2.05) is 13.8 Å². The summed E-state index contributed by atoms with van der Waals surface area (Å²) < 4.78 is 0. The van der Waals surface area contributed by atoms with Crippen LogP contribution >= 0.6 is 23.5 Å². The molecule has 300 valence electrons. The summed E-state index contributed by atoms with van der Waals surface area (Å²) in [6, 6.07) is -2.87. The number of amides is 8. The molecular weight excluding hydrogens is 735 g/mol. The highest BCUT2D eigenvalue weighted by Crippen LogP contribution is 2.25. The first-order valence-corrected chi connectivity index (χ1v) is 19.3. The second-order valence-corrected chi connectivity index (χ2v) is 14.6. The van der Waals surface area contributed by atoms with Crippen molar-refractivity contribution in [3.05, 3.63) is 12.2 Å². The normalized spacial score (nSPS) is 17.4. The van der Waals surface area contributed by atoms with Gasteiger partial charge in [-0.25, -0.2) is 0 Å². The van der Waals surface area contributed by atoms with E-state index >= 15 is 0 Å². The highest BCUT2D eigenvalue weighted by atomic mass is 32.2. The third-order valence-corrected chi connectivity index (χ3v) is 8.93. The molecule has 0 aromatic carbocycles. The third kappa shape index (κ3) is 16.2. The number of nitrogens with two attached hydrogens (primary N) is 3. The minimum Gasteiger partial charge on any atom is -0.481 e. The number of nitrogens with one attached hydrogen (secondary N) is 4. The Balaban J connectivity index is 0.000000768. The fraction of sp³-hybridized carbons (Fsp3) is 0.656. The molecule has 0 aromatic rings. The molecule has 2 aliphatic rings. The molecular formula is C32H55N9O10S2. The third-order valence-electron chi connectivity index (χ3n) is 7.04. The topological polar surface area (TPSA) is 307 Å². The minimum atomic E-state index is -1.06. The molecule has 1 fully saturated rings. The number of hydrogen-bond acceptors (Lipinski definition) is 14. The molecule has 5 atom stereocenters. The van der Waals surface area contributed by atoms with Crippen molar-refractivity contribution in [3.8, 4) is 0 Å². The number of hydrogen-bond donors (Lipinski definition) is 8. The van der Waals surface area contributed by atoms with Gasteiger partial charge in [0.05, 0.1) is 16.9 Å². The van der Waals surface area contributed by atoms with E-state index in [0.29, 0.717) is 0 Å². The van der Waals surface area contributed by atoms with Crippen LogP contribution in [0.25, 0.3) is 0 Å². The van der Waals surface area contributed by atoms with Gasteiger partial charge in [-0.05, 0) is 54.1 Å². The Morgan fingerprint density at radius 1 is 0.717 bits per heavy atom. The van der Waals surface area contributed by atoms with Gasteiger partial charge in [0.15, 0.2) is 0 Å². The van der Waals surface area contributed by atoms with Gasteiger partial charge in [0.25, 0.3) is 11.8 Å². The molecule has 1 saturated heterocycles. The van der Waals surface area contributed by atoms with E-state index in [0.717, 1.165) is 33.7 Å². The molecule has 0 radical (unpaired) electrons. The SMILES string of the molecule is CC(C)NC(=O)C(CN)N1C(=O)C=CC1=O.CSC(CC(=O)O)C(=O)NC(CN)C(=O)NC(C)C.CSC1CC(=O)N(C(CN)C(=O)NC(C)C)C1=O. The number of carboxylic acid groups (broad SMARTS) is 1. The van der Waals surface area contributed by atoms with Crippen molar-refractivity contribution >= 4 is 76.8 Å². The van der Waals surface area contributed by atoms with E-state index in [1.54, 1.807) is 40.2 Å². The van der Waals surface area contributed by atoms with Crippen LogP contribution in [0.2, 0.25) is 0 Å². The number of carboxylic acids is 1. The Morgan fingerprint density at radius 2 is 1.15 bits per heavy atom. The zero-order valence-corrected chi connectivity index (χ0v) is 33.0. The highest BCUT2D eigenvalue weighted by molar-refractivity contribution is 8.00. The predicted octanol–water partition coefficient (Wildman–Crippen LogP) is -2.75. The number of likely N-dealkylation sites (tertiary alicyclic amines) is 1. The molecule has 2 rings (SSSR count). The monoisotopic (exact) mass is 789 g/mol. The highest BCUT2D eigenvalue weighted by Gasteiger charge is 2.44. The second-order valence-electron chi connectivity index (χ2n) is 12.5. The summed E-state index contributed by atoms with van der Waals surface area (Å²) >= 11 is 2.44. The van der Waals surface area contributed by atoms with E-state index in [4.69, 9.17) is 22.3 Å². The molecule has 0 spiro atoms. The van der Waals surface area contributed by atoms with Gasteiger partial charge in [-0.1, -0.05) is 0 Å². The molecule has 0 saturated carbocycles. The van der Waals surface area contributed by atoms with E-state index < -0.39 is 58.2 Å². The Bertz CT molecular complexity index is 1340. The number of aliphatic carboxylic acids is 1. The lowest BCUT2D eigenvalue weighted by atomic mass is 10.2. The van der Waals surface area contributed by atoms with Gasteiger partial charge in [0.1, 0.15) is 18.1 Å². The van der Waals surface area contributed by atoms with Crippen LogP contribution < -0.4 is 38.5 Å². The van der Waals surface area contributed by atoms with Crippen molar-refractivity contribution in [3.63, 3.8) is 0 Å². The summed E-state index contributed by atoms with van der Waals surface area (Å²) in [6.07, 6.45) is 5.52. The van der Waals surface area contributed by atoms with E-state index in [9.17, 15) is 43.2 Å². The van der Waals surface area contributed by atoms with Crippen molar-refractivity contribution < 1.29 is 48.3 Å². The van der Waals surface area contributed by atoms with Crippen LogP contribution in [0.1, 0.15) is 54.4 Å². The number of carbonyl (C=O) groups is 9. The molecule has 2 aliphatic heterocycles. The quantitative estimate of drug-likeness (QED) is 0.0693. The first-order chi connectivity index (χ1) is 24.7. The van der Waals surface area contributed by atoms with E-state index in [2.05, 4.69) is 21.3 Å². The average Bonchev–Trinajstić information content (AvgIpc) is 3.54. The number of nitrogens with zero attached hydrogens (tertiary/aromatic N) is 2. The molecule has 0 bridgehead atoms. The van der Waals surface area contributed by atoms with Crippen LogP contribution in [0.4, 0.5) is 0 Å². The Hall–Kier alpha value is -4.05. The van der Waals surface area contributed by atoms with Crippen LogP contribution in [0.15, 0.2) is 12.2 Å². The number of imide groups is 2. The van der Waals surface area contributed by atoms with Gasteiger partial charge in [-0.15, -0.1) is 0 Å². The van der Waals surface area contributed by atoms with Crippen LogP contribution in [-0.4, -0.2) is 147 Å². The van der Waals surface area contributed by atoms with Crippen LogP contribution in [0, 0.1) is 0 Å². The van der Waals surface area contributed by atoms with Crippen molar-refractivity contribution in [1.29, 1.82) is 0 Å². The summed E-state index contributed by atoms with van der Waals surface area (Å²) in [5, 5.41) is 18.0. The van der Waals surface area contributed by atoms with Crippen molar-refractivity contribution in [1.82, 2.24) is 31.1 Å². The summed E-state index contributed by atoms with van der Waals surface area (Å²) in [5.74, 6) is -4.37. The first kappa shape index (κ1) is 49.0. The Morgan fingerprint density at radius 3 is 1.49 bits per heavy atom. The Labute approximate surface area is 318 Å². The molecule has 2 heterocycles. The lowest BCUT2D eigenvalue weighted by Gasteiger charge is -2.25. The van der Waals surface area contributed by atoms with Crippen LogP contribution in [0.3, 0.4) is 0 Å². The maximum atomic E-state index is 12.0. The van der Waals surface area contributed by atoms with Crippen molar-refractivity contribution in [2.75, 3.05) is 32.1 Å². The van der Waals surface area contributed by atoms with Gasteiger partial charge in [0, 0.05) is 56.3 Å². The van der Waals surface area contributed by atoms with Crippen molar-refractivity contribution in [2.24, 2.45) is 17.2 Å². The molecule has 5 unspecified atom stereocenters. The largest absolute Gasteiger partial charge is 0.481 e. The lowest BCUT2D eigenvalue weighted by molar-refractivity contribution is -0.146. The second kappa shape index (κ2) is 24.3. The maximum Gasteiger partial charge on any atom is 0.305 e. The fourth-order valence-corrected chi connectivity index (χ4v) is 5.81. The average molecular weight is 790 g/mol. The number of thioether (sulfide) groups is 2. The molecule has 53 heavy (non-hydrogen) atoms. The maximum absolute atomic E-state index is 12.0. The number of carbonyl (C=O) groups excluding carboxylic acids is 8. The molecule has 19 nitrogen and oxygen atoms in total. The van der Waals surface area contributed by atoms with Crippen LogP contribution in [0.5, 0.6) is 0 Å². The summed E-state index contributed by atoms with van der Waals surface area (Å²) in [5.41, 5.74) is 16.4. The fourth-order valence-electron chi connectivity index (χ4n) is 4.60. The molecule has 0 aliphatic carbocycles. The summed E-state index contributed by atoms with van der Waals surface area (Å²) in [6.45, 7) is 10.6. The Kier molecular flexibility index (Phi) is 22.4. The summed E-state index contributed by atoms with van der Waals surface area (Å²) in [4.78, 5) is 106. The van der Waals surface area contributed by atoms with E-state index in [1.165, 1.54) is 11.8 Å². The lowest BCUT2D eigenvalue weighted by Crippen LogP contribution is -2.54. The molecule has 11 N–H and O–H groups in total.